The number of fused-ring (bicyclic) bond motifs is 3. The molecule has 2 aliphatic carbocycles. The van der Waals surface area contributed by atoms with E-state index in [2.05, 4.69) is 83.5 Å². The van der Waals surface area contributed by atoms with Crippen LogP contribution < -0.4 is 0 Å². The molecule has 0 radical (unpaired) electrons. The molecule has 6 rings (SSSR count). The Bertz CT molecular complexity index is 1150. The molecule has 0 aromatic heterocycles. The van der Waals surface area contributed by atoms with Gasteiger partial charge < -0.3 is 4.90 Å². The van der Waals surface area contributed by atoms with Crippen LogP contribution in [0.4, 0.5) is 0 Å². The number of benzene rings is 2. The molecular weight excluding hydrogens is 440 g/mol. The topological polar surface area (TPSA) is 23.6 Å². The lowest BCUT2D eigenvalue weighted by Crippen LogP contribution is -2.46. The normalized spacial score (nSPS) is 28.1. The highest BCUT2D eigenvalue weighted by atomic mass is 16.2. The fraction of sp³-hybridized carbons (Fsp3) is 0.485. The summed E-state index contributed by atoms with van der Waals surface area (Å²) in [6.07, 6.45) is 14.0. The summed E-state index contributed by atoms with van der Waals surface area (Å²) in [5.41, 5.74) is 5.54. The molecule has 1 saturated heterocycles. The molecule has 4 unspecified atom stereocenters. The molecule has 2 heterocycles. The van der Waals surface area contributed by atoms with Crippen LogP contribution in [0.3, 0.4) is 0 Å². The Morgan fingerprint density at radius 1 is 1.03 bits per heavy atom. The molecule has 4 aliphatic rings. The van der Waals surface area contributed by atoms with Crippen molar-refractivity contribution in [1.29, 1.82) is 0 Å². The summed E-state index contributed by atoms with van der Waals surface area (Å²) in [7, 11) is 0. The van der Waals surface area contributed by atoms with E-state index >= 15 is 0 Å². The van der Waals surface area contributed by atoms with E-state index < -0.39 is 0 Å². The SMILES string of the molecule is CCCCN1Cc2ccccc2C2(CCCN(C(=O)C(C3=CC4CC4C=C3)c3ccccc3)CC2)C1. The Morgan fingerprint density at radius 3 is 2.69 bits per heavy atom. The van der Waals surface area contributed by atoms with Crippen molar-refractivity contribution < 1.29 is 4.79 Å². The van der Waals surface area contributed by atoms with Gasteiger partial charge in [0.2, 0.25) is 5.91 Å². The summed E-state index contributed by atoms with van der Waals surface area (Å²) >= 11 is 0. The molecule has 1 saturated carbocycles. The van der Waals surface area contributed by atoms with E-state index in [1.807, 2.05) is 6.07 Å². The monoisotopic (exact) mass is 480 g/mol. The first-order valence-corrected chi connectivity index (χ1v) is 14.2. The number of rotatable bonds is 6. The molecule has 2 aromatic rings. The Balaban J connectivity index is 1.26. The zero-order valence-corrected chi connectivity index (χ0v) is 21.7. The van der Waals surface area contributed by atoms with Crippen molar-refractivity contribution in [3.63, 3.8) is 0 Å². The number of likely N-dealkylation sites (tertiary alicyclic amines) is 1. The van der Waals surface area contributed by atoms with Crippen molar-refractivity contribution >= 4 is 5.91 Å². The molecule has 0 bridgehead atoms. The van der Waals surface area contributed by atoms with Gasteiger partial charge in [0.25, 0.3) is 0 Å². The van der Waals surface area contributed by atoms with Gasteiger partial charge in [0, 0.05) is 31.6 Å². The van der Waals surface area contributed by atoms with Crippen LogP contribution in [0.15, 0.2) is 78.4 Å². The van der Waals surface area contributed by atoms with Crippen molar-refractivity contribution in [2.75, 3.05) is 26.2 Å². The van der Waals surface area contributed by atoms with Crippen LogP contribution in [0, 0.1) is 11.8 Å². The molecule has 4 atom stereocenters. The van der Waals surface area contributed by atoms with Crippen molar-refractivity contribution in [2.45, 2.75) is 63.3 Å². The van der Waals surface area contributed by atoms with E-state index in [9.17, 15) is 4.79 Å². The van der Waals surface area contributed by atoms with E-state index in [1.165, 1.54) is 43.4 Å². The minimum absolute atomic E-state index is 0.158. The predicted octanol–water partition coefficient (Wildman–Crippen LogP) is 6.47. The number of nitrogens with zero attached hydrogens (tertiary/aromatic N) is 2. The van der Waals surface area contributed by atoms with Crippen LogP contribution in [0.5, 0.6) is 0 Å². The van der Waals surface area contributed by atoms with Gasteiger partial charge in [0.05, 0.1) is 5.92 Å². The van der Waals surface area contributed by atoms with Gasteiger partial charge in [-0.25, -0.2) is 0 Å². The second kappa shape index (κ2) is 10.0. The molecule has 3 nitrogen and oxygen atoms in total. The minimum Gasteiger partial charge on any atom is -0.342 e. The lowest BCUT2D eigenvalue weighted by Gasteiger charge is -2.44. The van der Waals surface area contributed by atoms with Gasteiger partial charge in [-0.3, -0.25) is 9.69 Å². The first-order valence-electron chi connectivity index (χ1n) is 14.2. The molecule has 1 spiro atoms. The number of amides is 1. The van der Waals surface area contributed by atoms with Crippen LogP contribution in [-0.4, -0.2) is 41.9 Å². The maximum absolute atomic E-state index is 14.2. The Hall–Kier alpha value is -2.65. The molecule has 2 aromatic carbocycles. The number of carbonyl (C=O) groups is 1. The summed E-state index contributed by atoms with van der Waals surface area (Å²) in [5.74, 6) is 1.46. The molecule has 36 heavy (non-hydrogen) atoms. The standard InChI is InChI=1S/C33H40N2O/c1-2-3-18-34-23-28-12-7-8-13-30(28)33(24-34)16-9-19-35(20-17-33)32(36)31(25-10-5-4-6-11-25)27-15-14-26-21-29(26)22-27/h4-8,10-15,22,26,29,31H,2-3,9,16-21,23-24H2,1H3. The highest BCUT2D eigenvalue weighted by Gasteiger charge is 2.42. The van der Waals surface area contributed by atoms with Crippen molar-refractivity contribution in [3.05, 3.63) is 95.1 Å². The van der Waals surface area contributed by atoms with Crippen LogP contribution in [-0.2, 0) is 16.8 Å². The number of unbranched alkanes of at least 4 members (excludes halogenated alkanes) is 1. The highest BCUT2D eigenvalue weighted by molar-refractivity contribution is 5.88. The predicted molar refractivity (Wildman–Crippen MR) is 147 cm³/mol. The lowest BCUT2D eigenvalue weighted by atomic mass is 9.70. The maximum atomic E-state index is 14.2. The quantitative estimate of drug-likeness (QED) is 0.473. The van der Waals surface area contributed by atoms with E-state index in [0.717, 1.165) is 44.6 Å². The van der Waals surface area contributed by atoms with Gasteiger partial charge in [-0.05, 0) is 72.7 Å². The number of allylic oxidation sites excluding steroid dienone is 3. The summed E-state index contributed by atoms with van der Waals surface area (Å²) < 4.78 is 0. The smallest absolute Gasteiger partial charge is 0.234 e. The molecule has 2 aliphatic heterocycles. The van der Waals surface area contributed by atoms with Crippen molar-refractivity contribution in [1.82, 2.24) is 9.80 Å². The third-order valence-corrected chi connectivity index (χ3v) is 9.14. The fourth-order valence-corrected chi connectivity index (χ4v) is 7.05. The lowest BCUT2D eigenvalue weighted by molar-refractivity contribution is -0.131. The molecular formula is C33H40N2O. The summed E-state index contributed by atoms with van der Waals surface area (Å²) in [6, 6.07) is 19.6. The van der Waals surface area contributed by atoms with Gasteiger partial charge in [0.1, 0.15) is 0 Å². The van der Waals surface area contributed by atoms with E-state index in [-0.39, 0.29) is 11.3 Å². The summed E-state index contributed by atoms with van der Waals surface area (Å²) in [4.78, 5) is 19.1. The van der Waals surface area contributed by atoms with Crippen LogP contribution in [0.1, 0.15) is 68.1 Å². The zero-order chi connectivity index (χ0) is 24.5. The number of hydrogen-bond donors (Lipinski definition) is 0. The highest BCUT2D eigenvalue weighted by Crippen LogP contribution is 2.47. The fourth-order valence-electron chi connectivity index (χ4n) is 7.05. The number of carbonyl (C=O) groups excluding carboxylic acids is 1. The summed E-state index contributed by atoms with van der Waals surface area (Å²) in [5, 5.41) is 0. The molecule has 1 amide bonds. The van der Waals surface area contributed by atoms with Crippen LogP contribution >= 0.6 is 0 Å². The second-order valence-electron chi connectivity index (χ2n) is 11.6. The first kappa shape index (κ1) is 23.7. The van der Waals surface area contributed by atoms with Crippen LogP contribution in [0.25, 0.3) is 0 Å². The van der Waals surface area contributed by atoms with Gasteiger partial charge in [-0.2, -0.15) is 0 Å². The molecule has 3 heteroatoms. The summed E-state index contributed by atoms with van der Waals surface area (Å²) in [6.45, 7) is 7.37. The Kier molecular flexibility index (Phi) is 6.60. The molecule has 0 N–H and O–H groups in total. The van der Waals surface area contributed by atoms with Gasteiger partial charge >= 0.3 is 0 Å². The van der Waals surface area contributed by atoms with E-state index in [0.29, 0.717) is 17.7 Å². The third-order valence-electron chi connectivity index (χ3n) is 9.14. The molecule has 2 fully saturated rings. The Morgan fingerprint density at radius 2 is 1.86 bits per heavy atom. The van der Waals surface area contributed by atoms with Crippen molar-refractivity contribution in [2.24, 2.45) is 11.8 Å². The maximum Gasteiger partial charge on any atom is 0.234 e. The average Bonchev–Trinajstić information content (AvgIpc) is 3.71. The molecule has 188 valence electrons. The van der Waals surface area contributed by atoms with Crippen LogP contribution in [0.2, 0.25) is 0 Å². The van der Waals surface area contributed by atoms with Gasteiger partial charge in [-0.1, -0.05) is 86.2 Å². The second-order valence-corrected chi connectivity index (χ2v) is 11.6. The van der Waals surface area contributed by atoms with Crippen molar-refractivity contribution in [3.8, 4) is 0 Å². The minimum atomic E-state index is -0.183. The average molecular weight is 481 g/mol. The number of hydrogen-bond acceptors (Lipinski definition) is 2. The van der Waals surface area contributed by atoms with E-state index in [4.69, 9.17) is 0 Å². The third kappa shape index (κ3) is 4.59. The largest absolute Gasteiger partial charge is 0.342 e. The zero-order valence-electron chi connectivity index (χ0n) is 21.7. The van der Waals surface area contributed by atoms with Gasteiger partial charge in [-0.15, -0.1) is 0 Å². The first-order chi connectivity index (χ1) is 17.7. The Labute approximate surface area is 216 Å². The van der Waals surface area contributed by atoms with E-state index in [1.54, 1.807) is 5.56 Å². The van der Waals surface area contributed by atoms with Gasteiger partial charge in [0.15, 0.2) is 0 Å².